The second-order valence-corrected chi connectivity index (χ2v) is 6.76. The molecule has 0 radical (unpaired) electrons. The van der Waals surface area contributed by atoms with Crippen molar-refractivity contribution in [2.75, 3.05) is 13.1 Å². The fourth-order valence-corrected chi connectivity index (χ4v) is 2.08. The summed E-state index contributed by atoms with van der Waals surface area (Å²) in [6, 6.07) is 0. The van der Waals surface area contributed by atoms with Crippen molar-refractivity contribution in [1.29, 1.82) is 0 Å². The van der Waals surface area contributed by atoms with Crippen LogP contribution in [0.2, 0.25) is 0 Å². The van der Waals surface area contributed by atoms with Gasteiger partial charge in [-0.1, -0.05) is 48.0 Å². The third-order valence-electron chi connectivity index (χ3n) is 3.13. The van der Waals surface area contributed by atoms with Crippen LogP contribution in [0.15, 0.2) is 0 Å². The highest BCUT2D eigenvalue weighted by molar-refractivity contribution is 5.68. The van der Waals surface area contributed by atoms with Crippen LogP contribution in [0.25, 0.3) is 0 Å². The summed E-state index contributed by atoms with van der Waals surface area (Å²) in [6.45, 7) is 20.2. The Kier molecular flexibility index (Phi) is 12.8. The Labute approximate surface area is 133 Å². The Morgan fingerprint density at radius 2 is 1.52 bits per heavy atom. The molecule has 0 bridgehead atoms. The van der Waals surface area contributed by atoms with Gasteiger partial charge in [-0.25, -0.2) is 4.79 Å². The third kappa shape index (κ3) is 11.6. The first kappa shape index (κ1) is 22.5. The van der Waals surface area contributed by atoms with Crippen molar-refractivity contribution >= 4 is 6.09 Å². The molecule has 1 heterocycles. The predicted molar refractivity (Wildman–Crippen MR) is 92.7 cm³/mol. The number of likely N-dealkylation sites (tertiary alicyclic amines) is 1. The van der Waals surface area contributed by atoms with Gasteiger partial charge in [0.15, 0.2) is 0 Å². The van der Waals surface area contributed by atoms with E-state index in [0.29, 0.717) is 0 Å². The SMILES string of the molecule is CC.CC(C)C1CCN(C(=O)OC(C)(C)C)CC1.CCC. The number of nitrogens with zero attached hydrogens (tertiary/aromatic N) is 1. The van der Waals surface area contributed by atoms with E-state index in [9.17, 15) is 4.79 Å². The first-order chi connectivity index (χ1) is 9.71. The van der Waals surface area contributed by atoms with Crippen LogP contribution in [0.5, 0.6) is 0 Å². The summed E-state index contributed by atoms with van der Waals surface area (Å²) in [5.41, 5.74) is -0.383. The van der Waals surface area contributed by atoms with Crippen LogP contribution >= 0.6 is 0 Å². The maximum absolute atomic E-state index is 11.8. The Balaban J connectivity index is 0. The number of hydrogen-bond acceptors (Lipinski definition) is 2. The molecule has 0 aromatic rings. The number of rotatable bonds is 1. The van der Waals surface area contributed by atoms with Crippen LogP contribution in [0.1, 0.15) is 81.6 Å². The van der Waals surface area contributed by atoms with Crippen molar-refractivity contribution in [2.24, 2.45) is 11.8 Å². The zero-order valence-electron chi connectivity index (χ0n) is 16.0. The molecule has 1 rings (SSSR count). The molecule has 128 valence electrons. The average molecular weight is 302 g/mol. The molecule has 0 atom stereocenters. The predicted octanol–water partition coefficient (Wildman–Crippen LogP) is 5.73. The van der Waals surface area contributed by atoms with Gasteiger partial charge in [0.1, 0.15) is 5.60 Å². The monoisotopic (exact) mass is 301 g/mol. The van der Waals surface area contributed by atoms with Gasteiger partial charge in [0.25, 0.3) is 0 Å². The molecule has 0 aromatic carbocycles. The third-order valence-corrected chi connectivity index (χ3v) is 3.13. The number of carbonyl (C=O) groups excluding carboxylic acids is 1. The number of hydrogen-bond donors (Lipinski definition) is 0. The first-order valence-corrected chi connectivity index (χ1v) is 8.69. The van der Waals surface area contributed by atoms with Gasteiger partial charge in [0.05, 0.1) is 0 Å². The molecule has 1 aliphatic rings. The van der Waals surface area contributed by atoms with Crippen molar-refractivity contribution < 1.29 is 9.53 Å². The van der Waals surface area contributed by atoms with Gasteiger partial charge in [-0.3, -0.25) is 0 Å². The summed E-state index contributed by atoms with van der Waals surface area (Å²) in [6.07, 6.45) is 3.31. The van der Waals surface area contributed by atoms with E-state index in [1.54, 1.807) is 0 Å². The maximum Gasteiger partial charge on any atom is 0.410 e. The standard InChI is InChI=1S/C13H25NO2.C3H8.C2H6/c1-10(2)11-6-8-14(9-7-11)12(15)16-13(3,4)5;1-3-2;1-2/h10-11H,6-9H2,1-5H3;3H2,1-2H3;1-2H3. The molecule has 3 nitrogen and oxygen atoms in total. The highest BCUT2D eigenvalue weighted by Crippen LogP contribution is 2.25. The van der Waals surface area contributed by atoms with Crippen molar-refractivity contribution in [3.8, 4) is 0 Å². The molecule has 3 heteroatoms. The smallest absolute Gasteiger partial charge is 0.410 e. The van der Waals surface area contributed by atoms with Gasteiger partial charge in [-0.15, -0.1) is 0 Å². The van der Waals surface area contributed by atoms with Gasteiger partial charge < -0.3 is 9.64 Å². The lowest BCUT2D eigenvalue weighted by Crippen LogP contribution is -2.42. The second-order valence-electron chi connectivity index (χ2n) is 6.76. The molecular formula is C18H39NO2. The summed E-state index contributed by atoms with van der Waals surface area (Å²) in [5, 5.41) is 0. The summed E-state index contributed by atoms with van der Waals surface area (Å²) < 4.78 is 5.36. The zero-order chi connectivity index (χ0) is 17.1. The molecule has 1 aliphatic heterocycles. The van der Waals surface area contributed by atoms with Crippen LogP contribution in [0, 0.1) is 11.8 Å². The van der Waals surface area contributed by atoms with E-state index in [1.807, 2.05) is 39.5 Å². The summed E-state index contributed by atoms with van der Waals surface area (Å²) in [4.78, 5) is 13.6. The van der Waals surface area contributed by atoms with Gasteiger partial charge in [0, 0.05) is 13.1 Å². The highest BCUT2D eigenvalue weighted by atomic mass is 16.6. The molecule has 0 N–H and O–H groups in total. The van der Waals surface area contributed by atoms with Crippen molar-refractivity contribution in [1.82, 2.24) is 4.90 Å². The molecular weight excluding hydrogens is 262 g/mol. The van der Waals surface area contributed by atoms with E-state index in [-0.39, 0.29) is 11.7 Å². The van der Waals surface area contributed by atoms with Crippen LogP contribution in [-0.2, 0) is 4.74 Å². The van der Waals surface area contributed by atoms with Gasteiger partial charge in [0.2, 0.25) is 0 Å². The van der Waals surface area contributed by atoms with E-state index < -0.39 is 0 Å². The number of carbonyl (C=O) groups is 1. The molecule has 0 unspecified atom stereocenters. The minimum atomic E-state index is -0.383. The van der Waals surface area contributed by atoms with Crippen molar-refractivity contribution in [3.05, 3.63) is 0 Å². The largest absolute Gasteiger partial charge is 0.444 e. The quantitative estimate of drug-likeness (QED) is 0.618. The Morgan fingerprint density at radius 1 is 1.14 bits per heavy atom. The van der Waals surface area contributed by atoms with E-state index in [0.717, 1.165) is 37.8 Å². The summed E-state index contributed by atoms with van der Waals surface area (Å²) >= 11 is 0. The van der Waals surface area contributed by atoms with Crippen LogP contribution in [0.3, 0.4) is 0 Å². The first-order valence-electron chi connectivity index (χ1n) is 8.69. The highest BCUT2D eigenvalue weighted by Gasteiger charge is 2.27. The topological polar surface area (TPSA) is 29.5 Å². The van der Waals surface area contributed by atoms with Crippen LogP contribution < -0.4 is 0 Å². The van der Waals surface area contributed by atoms with Crippen LogP contribution in [-0.4, -0.2) is 29.7 Å². The van der Waals surface area contributed by atoms with Gasteiger partial charge >= 0.3 is 6.09 Å². The summed E-state index contributed by atoms with van der Waals surface area (Å²) in [5.74, 6) is 1.49. The van der Waals surface area contributed by atoms with E-state index in [4.69, 9.17) is 4.74 Å². The molecule has 0 aromatic heterocycles. The maximum atomic E-state index is 11.8. The minimum absolute atomic E-state index is 0.158. The number of piperidine rings is 1. The molecule has 1 fully saturated rings. The van der Waals surface area contributed by atoms with Gasteiger partial charge in [-0.05, 0) is 45.4 Å². The minimum Gasteiger partial charge on any atom is -0.444 e. The fourth-order valence-electron chi connectivity index (χ4n) is 2.08. The molecule has 21 heavy (non-hydrogen) atoms. The van der Waals surface area contributed by atoms with Crippen LogP contribution in [0.4, 0.5) is 4.79 Å². The van der Waals surface area contributed by atoms with Gasteiger partial charge in [-0.2, -0.15) is 0 Å². The molecule has 1 saturated heterocycles. The molecule has 0 aliphatic carbocycles. The van der Waals surface area contributed by atoms with E-state index in [1.165, 1.54) is 6.42 Å². The van der Waals surface area contributed by atoms with Crippen molar-refractivity contribution in [2.45, 2.75) is 87.2 Å². The summed E-state index contributed by atoms with van der Waals surface area (Å²) in [7, 11) is 0. The molecule has 1 amide bonds. The Hall–Kier alpha value is -0.730. The normalized spacial score (nSPS) is 15.6. The van der Waals surface area contributed by atoms with E-state index in [2.05, 4.69) is 27.7 Å². The fraction of sp³-hybridized carbons (Fsp3) is 0.944. The lowest BCUT2D eigenvalue weighted by molar-refractivity contribution is 0.0166. The molecule has 0 spiro atoms. The number of ether oxygens (including phenoxy) is 1. The number of amides is 1. The second kappa shape index (κ2) is 11.9. The Morgan fingerprint density at radius 3 is 1.81 bits per heavy atom. The lowest BCUT2D eigenvalue weighted by atomic mass is 9.87. The van der Waals surface area contributed by atoms with Crippen molar-refractivity contribution in [3.63, 3.8) is 0 Å². The van der Waals surface area contributed by atoms with E-state index >= 15 is 0 Å². The average Bonchev–Trinajstić information content (AvgIpc) is 2.40. The zero-order valence-corrected chi connectivity index (χ0v) is 16.0. The lowest BCUT2D eigenvalue weighted by Gasteiger charge is -2.34. The molecule has 0 saturated carbocycles. The Bertz CT molecular complexity index is 248.